The molecular formula is C45H43N3O7S. The third-order valence-electron chi connectivity index (χ3n) is 9.27. The average molecular weight is 770 g/mol. The number of ether oxygens (including phenoxy) is 3. The Morgan fingerprint density at radius 2 is 1.46 bits per heavy atom. The molecule has 3 N–H and O–H groups in total. The Bertz CT molecular complexity index is 2160. The molecule has 2 amide bonds. The number of hydrogen-bond acceptors (Lipinski definition) is 9. The van der Waals surface area contributed by atoms with Crippen molar-refractivity contribution in [3.63, 3.8) is 0 Å². The van der Waals surface area contributed by atoms with Gasteiger partial charge in [-0.2, -0.15) is 0 Å². The molecule has 56 heavy (non-hydrogen) atoms. The number of carbonyl (C=O) groups is 2. The Morgan fingerprint density at radius 1 is 0.768 bits per heavy atom. The zero-order valence-electron chi connectivity index (χ0n) is 30.9. The Kier molecular flexibility index (Phi) is 12.9. The van der Waals surface area contributed by atoms with E-state index in [1.165, 1.54) is 11.8 Å². The predicted molar refractivity (Wildman–Crippen MR) is 215 cm³/mol. The van der Waals surface area contributed by atoms with Crippen LogP contribution in [-0.2, 0) is 32.2 Å². The van der Waals surface area contributed by atoms with Crippen molar-refractivity contribution in [2.24, 2.45) is 0 Å². The maximum atomic E-state index is 12.3. The van der Waals surface area contributed by atoms with Crippen LogP contribution in [0, 0.1) is 0 Å². The highest BCUT2D eigenvalue weighted by Crippen LogP contribution is 2.41. The van der Waals surface area contributed by atoms with Crippen molar-refractivity contribution in [3.05, 3.63) is 156 Å². The fraction of sp³-hybridized carbons (Fsp3) is 0.222. The Morgan fingerprint density at radius 3 is 2.20 bits per heavy atom. The summed E-state index contributed by atoms with van der Waals surface area (Å²) in [5.41, 5.74) is 8.25. The average Bonchev–Trinajstić information content (AvgIpc) is 3.69. The van der Waals surface area contributed by atoms with Crippen LogP contribution in [0.5, 0.6) is 0 Å². The van der Waals surface area contributed by atoms with E-state index in [4.69, 9.17) is 23.6 Å². The van der Waals surface area contributed by atoms with E-state index in [1.807, 2.05) is 127 Å². The molecule has 286 valence electrons. The second kappa shape index (κ2) is 18.7. The number of hydrogen-bond donors (Lipinski definition) is 3. The summed E-state index contributed by atoms with van der Waals surface area (Å²) in [5.74, 6) is 0.813. The van der Waals surface area contributed by atoms with Crippen LogP contribution in [0.15, 0.2) is 143 Å². The number of nitrogens with one attached hydrogen (secondary N) is 2. The van der Waals surface area contributed by atoms with Crippen molar-refractivity contribution in [2.75, 3.05) is 18.9 Å². The standard InChI is InChI=1S/C45H43N3O7S/c1-2-52-40(50)27-47-44(51)46-26-31-11-9-16-35(23-31)36-17-10-18-37(24-36)43-53-38(25-39(54-43)32-21-19-30(28-49)20-22-32)29-56-45-48-41(33-12-5-3-6-13-33)42(55-45)34-14-7-4-8-15-34/h3-24,38-39,43,49H,2,25-29H2,1H3,(H2,46,47,51)/t38-,39+,43+/m1/s1. The van der Waals surface area contributed by atoms with Crippen LogP contribution in [0.3, 0.4) is 0 Å². The van der Waals surface area contributed by atoms with E-state index in [0.29, 0.717) is 17.4 Å². The first kappa shape index (κ1) is 38.6. The minimum Gasteiger partial charge on any atom is -0.465 e. The van der Waals surface area contributed by atoms with Gasteiger partial charge >= 0.3 is 12.0 Å². The molecule has 1 aromatic heterocycles. The molecule has 0 unspecified atom stereocenters. The van der Waals surface area contributed by atoms with E-state index in [-0.39, 0.29) is 38.5 Å². The molecule has 6 aromatic rings. The largest absolute Gasteiger partial charge is 0.465 e. The van der Waals surface area contributed by atoms with Gasteiger partial charge in [0.1, 0.15) is 12.2 Å². The lowest BCUT2D eigenvalue weighted by Crippen LogP contribution is -2.38. The first-order valence-electron chi connectivity index (χ1n) is 18.6. The highest BCUT2D eigenvalue weighted by atomic mass is 32.2. The molecule has 0 spiro atoms. The molecule has 0 aliphatic carbocycles. The maximum Gasteiger partial charge on any atom is 0.325 e. The molecule has 2 heterocycles. The molecule has 7 rings (SSSR count). The summed E-state index contributed by atoms with van der Waals surface area (Å²) in [6.45, 7) is 2.01. The van der Waals surface area contributed by atoms with Crippen LogP contribution in [0.2, 0.25) is 0 Å². The van der Waals surface area contributed by atoms with Crippen LogP contribution in [-0.4, -0.2) is 47.1 Å². The molecule has 0 saturated carbocycles. The summed E-state index contributed by atoms with van der Waals surface area (Å²) >= 11 is 1.52. The summed E-state index contributed by atoms with van der Waals surface area (Å²) in [5, 5.41) is 15.5. The monoisotopic (exact) mass is 769 g/mol. The number of urea groups is 1. The van der Waals surface area contributed by atoms with Crippen molar-refractivity contribution < 1.29 is 33.3 Å². The van der Waals surface area contributed by atoms with Crippen LogP contribution in [0.4, 0.5) is 4.79 Å². The highest BCUT2D eigenvalue weighted by Gasteiger charge is 2.33. The fourth-order valence-corrected chi connectivity index (χ4v) is 7.30. The van der Waals surface area contributed by atoms with E-state index in [9.17, 15) is 14.7 Å². The predicted octanol–water partition coefficient (Wildman–Crippen LogP) is 8.87. The number of oxazole rings is 1. The van der Waals surface area contributed by atoms with Gasteiger partial charge < -0.3 is 34.4 Å². The number of amides is 2. The number of benzene rings is 5. The molecule has 1 aliphatic heterocycles. The molecule has 1 aliphatic rings. The third-order valence-corrected chi connectivity index (χ3v) is 10.2. The van der Waals surface area contributed by atoms with E-state index in [0.717, 1.165) is 56.0 Å². The lowest BCUT2D eigenvalue weighted by atomic mass is 9.99. The van der Waals surface area contributed by atoms with Crippen LogP contribution in [0.1, 0.15) is 48.0 Å². The van der Waals surface area contributed by atoms with Crippen LogP contribution < -0.4 is 10.6 Å². The van der Waals surface area contributed by atoms with Gasteiger partial charge in [-0.05, 0) is 46.9 Å². The Balaban J connectivity index is 1.09. The van der Waals surface area contributed by atoms with Gasteiger partial charge in [-0.1, -0.05) is 133 Å². The summed E-state index contributed by atoms with van der Waals surface area (Å²) in [6, 6.07) is 43.4. The molecule has 5 aromatic carbocycles. The second-order valence-corrected chi connectivity index (χ2v) is 14.2. The van der Waals surface area contributed by atoms with Gasteiger partial charge in [-0.25, -0.2) is 9.78 Å². The first-order chi connectivity index (χ1) is 27.4. The minimum atomic E-state index is -0.658. The van der Waals surface area contributed by atoms with Crippen LogP contribution in [0.25, 0.3) is 33.7 Å². The lowest BCUT2D eigenvalue weighted by molar-refractivity contribution is -0.245. The van der Waals surface area contributed by atoms with Crippen molar-refractivity contribution in [1.29, 1.82) is 0 Å². The molecule has 10 nitrogen and oxygen atoms in total. The maximum absolute atomic E-state index is 12.3. The van der Waals surface area contributed by atoms with Crippen molar-refractivity contribution >= 4 is 23.8 Å². The summed E-state index contributed by atoms with van der Waals surface area (Å²) < 4.78 is 24.6. The van der Waals surface area contributed by atoms with Crippen molar-refractivity contribution in [3.8, 4) is 33.7 Å². The van der Waals surface area contributed by atoms with Gasteiger partial charge in [0, 0.05) is 35.4 Å². The molecular weight excluding hydrogens is 727 g/mol. The molecule has 1 saturated heterocycles. The number of carbonyl (C=O) groups excluding carboxylic acids is 2. The Labute approximate surface area is 330 Å². The number of esters is 1. The van der Waals surface area contributed by atoms with E-state index < -0.39 is 18.3 Å². The summed E-state index contributed by atoms with van der Waals surface area (Å²) in [4.78, 5) is 28.8. The van der Waals surface area contributed by atoms with E-state index >= 15 is 0 Å². The van der Waals surface area contributed by atoms with Crippen molar-refractivity contribution in [2.45, 2.75) is 50.2 Å². The van der Waals surface area contributed by atoms with Crippen molar-refractivity contribution in [1.82, 2.24) is 15.6 Å². The number of aliphatic hydroxyl groups excluding tert-OH is 1. The second-order valence-electron chi connectivity index (χ2n) is 13.2. The normalized spacial score (nSPS) is 16.6. The smallest absolute Gasteiger partial charge is 0.325 e. The number of nitrogens with zero attached hydrogens (tertiary/aromatic N) is 1. The van der Waals surface area contributed by atoms with E-state index in [2.05, 4.69) is 16.7 Å². The third kappa shape index (κ3) is 9.92. The quantitative estimate of drug-likeness (QED) is 0.0734. The number of thioether (sulfide) groups is 1. The van der Waals surface area contributed by atoms with Gasteiger partial charge in [-0.3, -0.25) is 4.79 Å². The fourth-order valence-electron chi connectivity index (χ4n) is 6.46. The Hall–Kier alpha value is -5.72. The summed E-state index contributed by atoms with van der Waals surface area (Å²) in [7, 11) is 0. The van der Waals surface area contributed by atoms with Gasteiger partial charge in [0.15, 0.2) is 12.1 Å². The lowest BCUT2D eigenvalue weighted by Gasteiger charge is -2.36. The molecule has 1 fully saturated rings. The molecule has 3 atom stereocenters. The highest BCUT2D eigenvalue weighted by molar-refractivity contribution is 7.99. The number of rotatable bonds is 14. The zero-order valence-corrected chi connectivity index (χ0v) is 31.7. The molecule has 11 heteroatoms. The van der Waals surface area contributed by atoms with Gasteiger partial charge in [0.25, 0.3) is 5.22 Å². The van der Waals surface area contributed by atoms with Gasteiger partial charge in [-0.15, -0.1) is 0 Å². The number of aliphatic hydroxyl groups is 1. The first-order valence-corrected chi connectivity index (χ1v) is 19.6. The van der Waals surface area contributed by atoms with Crippen LogP contribution >= 0.6 is 11.8 Å². The van der Waals surface area contributed by atoms with Gasteiger partial charge in [0.05, 0.1) is 25.4 Å². The number of aromatic nitrogens is 1. The molecule has 0 radical (unpaired) electrons. The van der Waals surface area contributed by atoms with E-state index in [1.54, 1.807) is 6.92 Å². The SMILES string of the molecule is CCOC(=O)CNC(=O)NCc1cccc(-c2cccc([C@H]3O[C@@H](CSc4nc(-c5ccccc5)c(-c5ccccc5)o4)C[C@@H](c4ccc(CO)cc4)O3)c2)c1. The minimum absolute atomic E-state index is 0.0321. The summed E-state index contributed by atoms with van der Waals surface area (Å²) in [6.07, 6.45) is -0.512. The molecule has 0 bridgehead atoms. The topological polar surface area (TPSA) is 132 Å². The van der Waals surface area contributed by atoms with Gasteiger partial charge in [0.2, 0.25) is 0 Å². The zero-order chi connectivity index (χ0) is 38.7.